The first-order chi connectivity index (χ1) is 12.1. The van der Waals surface area contributed by atoms with Gasteiger partial charge in [-0.2, -0.15) is 11.8 Å². The number of anilines is 1. The van der Waals surface area contributed by atoms with Gasteiger partial charge >= 0.3 is 5.97 Å². The lowest BCUT2D eigenvalue weighted by atomic mass is 10.2. The van der Waals surface area contributed by atoms with Crippen molar-refractivity contribution in [2.45, 2.75) is 16.7 Å². The lowest BCUT2D eigenvalue weighted by Gasteiger charge is -2.06. The number of carbonyl (C=O) groups is 2. The second kappa shape index (κ2) is 7.75. The fraction of sp³-hybridized carbons (Fsp3) is 0.250. The van der Waals surface area contributed by atoms with Gasteiger partial charge in [0.1, 0.15) is 0 Å². The molecule has 0 spiro atoms. The van der Waals surface area contributed by atoms with Crippen molar-refractivity contribution in [2.24, 2.45) is 0 Å². The predicted molar refractivity (Wildman–Crippen MR) is 97.0 cm³/mol. The van der Waals surface area contributed by atoms with Crippen LogP contribution in [0.15, 0.2) is 34.2 Å². The van der Waals surface area contributed by atoms with Gasteiger partial charge in [-0.15, -0.1) is 0 Å². The van der Waals surface area contributed by atoms with Crippen LogP contribution in [-0.2, 0) is 21.0 Å². The average Bonchev–Trinajstić information content (AvgIpc) is 3.09. The van der Waals surface area contributed by atoms with Crippen LogP contribution in [0.4, 0.5) is 5.69 Å². The molecule has 0 saturated heterocycles. The first-order valence-corrected chi connectivity index (χ1v) is 9.51. The SMILES string of the molecule is COC(=O)c1ccc(NC(=O)CSc2nc3c(c(=O)[nH]2)CSC3)cc1. The van der Waals surface area contributed by atoms with Crippen molar-refractivity contribution < 1.29 is 14.3 Å². The number of hydrogen-bond acceptors (Lipinski definition) is 7. The minimum absolute atomic E-state index is 0.119. The number of benzene rings is 1. The molecule has 0 saturated carbocycles. The maximum absolute atomic E-state index is 12.0. The van der Waals surface area contributed by atoms with E-state index in [1.807, 2.05) is 0 Å². The van der Waals surface area contributed by atoms with E-state index in [0.717, 1.165) is 17.0 Å². The van der Waals surface area contributed by atoms with Crippen LogP contribution in [0.1, 0.15) is 21.6 Å². The number of nitrogens with zero attached hydrogens (tertiary/aromatic N) is 1. The lowest BCUT2D eigenvalue weighted by Crippen LogP contribution is -2.17. The summed E-state index contributed by atoms with van der Waals surface area (Å²) in [6.45, 7) is 0. The molecule has 130 valence electrons. The third-order valence-electron chi connectivity index (χ3n) is 3.49. The molecule has 1 amide bonds. The Morgan fingerprint density at radius 2 is 2.08 bits per heavy atom. The number of methoxy groups -OCH3 is 1. The van der Waals surface area contributed by atoms with E-state index in [4.69, 9.17) is 0 Å². The summed E-state index contributed by atoms with van der Waals surface area (Å²) < 4.78 is 4.62. The second-order valence-electron chi connectivity index (χ2n) is 5.19. The maximum atomic E-state index is 12.0. The Labute approximate surface area is 152 Å². The van der Waals surface area contributed by atoms with Gasteiger partial charge in [0.25, 0.3) is 5.56 Å². The summed E-state index contributed by atoms with van der Waals surface area (Å²) in [5.74, 6) is 0.871. The third kappa shape index (κ3) is 4.23. The van der Waals surface area contributed by atoms with Crippen molar-refractivity contribution >= 4 is 41.1 Å². The number of nitrogens with one attached hydrogen (secondary N) is 2. The summed E-state index contributed by atoms with van der Waals surface area (Å²) >= 11 is 2.83. The monoisotopic (exact) mass is 377 g/mol. The number of rotatable bonds is 5. The fourth-order valence-electron chi connectivity index (χ4n) is 2.25. The Morgan fingerprint density at radius 3 is 2.80 bits per heavy atom. The summed E-state index contributed by atoms with van der Waals surface area (Å²) in [6, 6.07) is 6.40. The van der Waals surface area contributed by atoms with E-state index in [9.17, 15) is 14.4 Å². The van der Waals surface area contributed by atoms with Gasteiger partial charge in [0.15, 0.2) is 5.16 Å². The van der Waals surface area contributed by atoms with Crippen LogP contribution >= 0.6 is 23.5 Å². The number of H-pyrrole nitrogens is 1. The van der Waals surface area contributed by atoms with Crippen molar-refractivity contribution in [1.29, 1.82) is 0 Å². The Morgan fingerprint density at radius 1 is 1.32 bits per heavy atom. The second-order valence-corrected chi connectivity index (χ2v) is 7.14. The first kappa shape index (κ1) is 17.6. The first-order valence-electron chi connectivity index (χ1n) is 7.37. The quantitative estimate of drug-likeness (QED) is 0.467. The van der Waals surface area contributed by atoms with Crippen molar-refractivity contribution in [1.82, 2.24) is 9.97 Å². The number of hydrogen-bond donors (Lipinski definition) is 2. The van der Waals surface area contributed by atoms with Crippen LogP contribution in [0.25, 0.3) is 0 Å². The molecule has 0 radical (unpaired) electrons. The highest BCUT2D eigenvalue weighted by atomic mass is 32.2. The average molecular weight is 377 g/mol. The van der Waals surface area contributed by atoms with E-state index < -0.39 is 5.97 Å². The number of amides is 1. The highest BCUT2D eigenvalue weighted by Crippen LogP contribution is 2.26. The molecule has 1 aromatic heterocycles. The van der Waals surface area contributed by atoms with E-state index in [-0.39, 0.29) is 17.2 Å². The summed E-state index contributed by atoms with van der Waals surface area (Å²) in [6.07, 6.45) is 0. The maximum Gasteiger partial charge on any atom is 0.337 e. The van der Waals surface area contributed by atoms with Crippen LogP contribution in [-0.4, -0.2) is 34.7 Å². The Kier molecular flexibility index (Phi) is 5.44. The number of thioether (sulfide) groups is 2. The van der Waals surface area contributed by atoms with Gasteiger partial charge < -0.3 is 15.0 Å². The Bertz CT molecular complexity index is 865. The van der Waals surface area contributed by atoms with Crippen LogP contribution in [0, 0.1) is 0 Å². The standard InChI is InChI=1S/C16H15N3O4S2/c1-23-15(22)9-2-4-10(5-3-9)17-13(20)8-25-16-18-12-7-24-6-11(12)14(21)19-16/h2-5H,6-8H2,1H3,(H,17,20)(H,18,19,21). The minimum atomic E-state index is -0.432. The zero-order valence-corrected chi connectivity index (χ0v) is 15.0. The summed E-state index contributed by atoms with van der Waals surface area (Å²) in [7, 11) is 1.31. The zero-order valence-electron chi connectivity index (χ0n) is 13.3. The summed E-state index contributed by atoms with van der Waals surface area (Å²) in [5.41, 5.74) is 2.38. The molecule has 1 aromatic carbocycles. The fourth-order valence-corrected chi connectivity index (χ4v) is 3.96. The normalized spacial score (nSPS) is 12.5. The highest BCUT2D eigenvalue weighted by Gasteiger charge is 2.18. The Hall–Kier alpha value is -2.26. The van der Waals surface area contributed by atoms with E-state index in [0.29, 0.717) is 22.2 Å². The predicted octanol–water partition coefficient (Wildman–Crippen LogP) is 2.03. The molecule has 25 heavy (non-hydrogen) atoms. The van der Waals surface area contributed by atoms with Gasteiger partial charge in [0.2, 0.25) is 5.91 Å². The highest BCUT2D eigenvalue weighted by molar-refractivity contribution is 7.99. The van der Waals surface area contributed by atoms with Crippen molar-refractivity contribution in [3.05, 3.63) is 51.4 Å². The number of esters is 1. The summed E-state index contributed by atoms with van der Waals surface area (Å²) in [4.78, 5) is 42.4. The molecule has 2 heterocycles. The number of aromatic amines is 1. The smallest absolute Gasteiger partial charge is 0.337 e. The molecule has 0 atom stereocenters. The molecule has 1 aliphatic heterocycles. The number of carbonyl (C=O) groups excluding carboxylic acids is 2. The number of fused-ring (bicyclic) bond motifs is 1. The van der Waals surface area contributed by atoms with Crippen molar-refractivity contribution in [2.75, 3.05) is 18.2 Å². The molecule has 0 unspecified atom stereocenters. The van der Waals surface area contributed by atoms with E-state index in [1.165, 1.54) is 18.9 Å². The van der Waals surface area contributed by atoms with Gasteiger partial charge in [-0.3, -0.25) is 9.59 Å². The molecule has 2 aromatic rings. The van der Waals surface area contributed by atoms with Gasteiger partial charge in [0, 0.05) is 22.8 Å². The van der Waals surface area contributed by atoms with E-state index in [2.05, 4.69) is 20.0 Å². The van der Waals surface area contributed by atoms with E-state index in [1.54, 1.807) is 36.0 Å². The van der Waals surface area contributed by atoms with Crippen molar-refractivity contribution in [3.8, 4) is 0 Å². The lowest BCUT2D eigenvalue weighted by molar-refractivity contribution is -0.113. The molecule has 0 aliphatic carbocycles. The molecule has 0 bridgehead atoms. The summed E-state index contributed by atoms with van der Waals surface area (Å²) in [5, 5.41) is 3.17. The largest absolute Gasteiger partial charge is 0.465 e. The molecular weight excluding hydrogens is 362 g/mol. The van der Waals surface area contributed by atoms with Crippen LogP contribution in [0.2, 0.25) is 0 Å². The van der Waals surface area contributed by atoms with Crippen LogP contribution < -0.4 is 10.9 Å². The molecule has 2 N–H and O–H groups in total. The van der Waals surface area contributed by atoms with Crippen molar-refractivity contribution in [3.63, 3.8) is 0 Å². The van der Waals surface area contributed by atoms with Gasteiger partial charge in [0.05, 0.1) is 24.1 Å². The topological polar surface area (TPSA) is 101 Å². The Balaban J connectivity index is 1.57. The number of aromatic nitrogens is 2. The molecule has 3 rings (SSSR count). The molecule has 7 nitrogen and oxygen atoms in total. The zero-order chi connectivity index (χ0) is 17.8. The van der Waals surface area contributed by atoms with E-state index >= 15 is 0 Å². The number of ether oxygens (including phenoxy) is 1. The van der Waals surface area contributed by atoms with Gasteiger partial charge in [-0.25, -0.2) is 9.78 Å². The minimum Gasteiger partial charge on any atom is -0.465 e. The van der Waals surface area contributed by atoms with Crippen LogP contribution in [0.3, 0.4) is 0 Å². The third-order valence-corrected chi connectivity index (χ3v) is 5.34. The van der Waals surface area contributed by atoms with Gasteiger partial charge in [-0.05, 0) is 24.3 Å². The van der Waals surface area contributed by atoms with Gasteiger partial charge in [-0.1, -0.05) is 11.8 Å². The molecule has 0 fully saturated rings. The molecular formula is C16H15N3O4S2. The molecule has 1 aliphatic rings. The van der Waals surface area contributed by atoms with Crippen LogP contribution in [0.5, 0.6) is 0 Å². The molecule has 9 heteroatoms.